The quantitative estimate of drug-likeness (QED) is 0.826. The van der Waals surface area contributed by atoms with Crippen LogP contribution in [-0.2, 0) is 11.2 Å². The highest BCUT2D eigenvalue weighted by molar-refractivity contribution is 4.95. The van der Waals surface area contributed by atoms with Crippen LogP contribution in [0.5, 0.6) is 0 Å². The summed E-state index contributed by atoms with van der Waals surface area (Å²) in [5.74, 6) is 1.48. The Labute approximate surface area is 108 Å². The van der Waals surface area contributed by atoms with Gasteiger partial charge in [-0.2, -0.15) is 4.98 Å². The predicted molar refractivity (Wildman–Crippen MR) is 68.3 cm³/mol. The number of hydrogen-bond donors (Lipinski definition) is 0. The van der Waals surface area contributed by atoms with E-state index in [1.165, 1.54) is 0 Å². The molecule has 0 amide bonds. The molecule has 1 aliphatic rings. The molecule has 1 aromatic rings. The van der Waals surface area contributed by atoms with Crippen LogP contribution < -0.4 is 0 Å². The fourth-order valence-corrected chi connectivity index (χ4v) is 2.54. The highest BCUT2D eigenvalue weighted by Crippen LogP contribution is 2.27. The maximum absolute atomic E-state index is 5.91. The maximum atomic E-state index is 5.91. The Morgan fingerprint density at radius 1 is 1.50 bits per heavy atom. The maximum Gasteiger partial charge on any atom is 0.243 e. The van der Waals surface area contributed by atoms with E-state index in [4.69, 9.17) is 9.26 Å². The zero-order valence-electron chi connectivity index (χ0n) is 11.9. The van der Waals surface area contributed by atoms with Crippen molar-refractivity contribution in [2.75, 3.05) is 13.1 Å². The van der Waals surface area contributed by atoms with Crippen molar-refractivity contribution in [2.24, 2.45) is 0 Å². The Bertz CT molecular complexity index is 403. The van der Waals surface area contributed by atoms with Crippen LogP contribution in [0.15, 0.2) is 4.52 Å². The summed E-state index contributed by atoms with van der Waals surface area (Å²) in [6.07, 6.45) is 1.03. The van der Waals surface area contributed by atoms with Crippen LogP contribution in [0.4, 0.5) is 0 Å². The molecule has 102 valence electrons. The summed E-state index contributed by atoms with van der Waals surface area (Å²) >= 11 is 0. The van der Waals surface area contributed by atoms with Crippen molar-refractivity contribution < 1.29 is 9.26 Å². The van der Waals surface area contributed by atoms with Gasteiger partial charge in [0.1, 0.15) is 0 Å². The largest absolute Gasteiger partial charge is 0.370 e. The van der Waals surface area contributed by atoms with Gasteiger partial charge in [0.25, 0.3) is 0 Å². The zero-order chi connectivity index (χ0) is 13.3. The van der Waals surface area contributed by atoms with E-state index >= 15 is 0 Å². The molecule has 0 radical (unpaired) electrons. The second-order valence-corrected chi connectivity index (χ2v) is 5.70. The van der Waals surface area contributed by atoms with Gasteiger partial charge in [-0.15, -0.1) is 0 Å². The molecule has 1 aliphatic heterocycles. The van der Waals surface area contributed by atoms with Gasteiger partial charge in [-0.3, -0.25) is 4.90 Å². The molecule has 5 heteroatoms. The Kier molecular flexibility index (Phi) is 3.73. The van der Waals surface area contributed by atoms with Crippen molar-refractivity contribution in [3.05, 3.63) is 11.7 Å². The van der Waals surface area contributed by atoms with E-state index in [0.717, 1.165) is 25.3 Å². The van der Waals surface area contributed by atoms with Gasteiger partial charge in [-0.25, -0.2) is 0 Å². The lowest BCUT2D eigenvalue weighted by Crippen LogP contribution is -2.52. The first-order valence-corrected chi connectivity index (χ1v) is 6.65. The lowest BCUT2D eigenvalue weighted by Gasteiger charge is -2.43. The van der Waals surface area contributed by atoms with Crippen LogP contribution in [0.25, 0.3) is 0 Å². The van der Waals surface area contributed by atoms with Gasteiger partial charge < -0.3 is 9.26 Å². The summed E-state index contributed by atoms with van der Waals surface area (Å²) in [4.78, 5) is 6.76. The summed E-state index contributed by atoms with van der Waals surface area (Å²) in [5.41, 5.74) is -0.125. The van der Waals surface area contributed by atoms with Gasteiger partial charge in [0.2, 0.25) is 5.89 Å². The minimum Gasteiger partial charge on any atom is -0.370 e. The average molecular weight is 253 g/mol. The van der Waals surface area contributed by atoms with E-state index in [2.05, 4.69) is 42.7 Å². The number of ether oxygens (including phenoxy) is 1. The third-order valence-corrected chi connectivity index (χ3v) is 3.30. The monoisotopic (exact) mass is 253 g/mol. The number of morpholine rings is 1. The van der Waals surface area contributed by atoms with E-state index in [0.29, 0.717) is 5.89 Å². The Balaban J connectivity index is 2.10. The minimum absolute atomic E-state index is 0.125. The molecule has 0 bridgehead atoms. The third kappa shape index (κ3) is 2.90. The van der Waals surface area contributed by atoms with Gasteiger partial charge in [0, 0.05) is 19.5 Å². The molecule has 2 heterocycles. The fourth-order valence-electron chi connectivity index (χ4n) is 2.54. The van der Waals surface area contributed by atoms with Crippen molar-refractivity contribution >= 4 is 0 Å². The first-order valence-electron chi connectivity index (χ1n) is 6.65. The summed E-state index contributed by atoms with van der Waals surface area (Å²) in [6.45, 7) is 12.3. The topological polar surface area (TPSA) is 51.4 Å². The number of nitrogens with zero attached hydrogens (tertiary/aromatic N) is 3. The molecule has 18 heavy (non-hydrogen) atoms. The van der Waals surface area contributed by atoms with Crippen molar-refractivity contribution in [1.82, 2.24) is 15.0 Å². The molecular weight excluding hydrogens is 230 g/mol. The first-order chi connectivity index (χ1) is 8.41. The highest BCUT2D eigenvalue weighted by Gasteiger charge is 2.35. The van der Waals surface area contributed by atoms with Crippen molar-refractivity contribution in [1.29, 1.82) is 0 Å². The van der Waals surface area contributed by atoms with Crippen LogP contribution in [0.3, 0.4) is 0 Å². The summed E-state index contributed by atoms with van der Waals surface area (Å²) < 4.78 is 11.2. The molecule has 0 aromatic carbocycles. The molecule has 0 aliphatic carbocycles. The summed E-state index contributed by atoms with van der Waals surface area (Å²) in [6, 6.07) is 0.142. The van der Waals surface area contributed by atoms with Gasteiger partial charge in [-0.05, 0) is 27.7 Å². The average Bonchev–Trinajstić information content (AvgIpc) is 2.73. The molecule has 1 aromatic heterocycles. The molecule has 2 rings (SSSR count). The SMILES string of the molecule is CCc1noc(C(C)N2CC(C)OC(C)(C)C2)n1. The van der Waals surface area contributed by atoms with Crippen LogP contribution in [0.2, 0.25) is 0 Å². The molecule has 1 fully saturated rings. The molecule has 0 spiro atoms. The molecular formula is C13H23N3O2. The fraction of sp³-hybridized carbons (Fsp3) is 0.846. The first kappa shape index (κ1) is 13.5. The van der Waals surface area contributed by atoms with Crippen LogP contribution in [0, 0.1) is 0 Å². The smallest absolute Gasteiger partial charge is 0.243 e. The van der Waals surface area contributed by atoms with Gasteiger partial charge >= 0.3 is 0 Å². The lowest BCUT2D eigenvalue weighted by molar-refractivity contribution is -0.139. The molecule has 5 nitrogen and oxygen atoms in total. The van der Waals surface area contributed by atoms with E-state index in [9.17, 15) is 0 Å². The highest BCUT2D eigenvalue weighted by atomic mass is 16.5. The number of aryl methyl sites for hydroxylation is 1. The third-order valence-electron chi connectivity index (χ3n) is 3.30. The van der Waals surface area contributed by atoms with Gasteiger partial charge in [0.05, 0.1) is 17.7 Å². The Morgan fingerprint density at radius 3 is 2.78 bits per heavy atom. The van der Waals surface area contributed by atoms with Gasteiger partial charge in [-0.1, -0.05) is 12.1 Å². The zero-order valence-corrected chi connectivity index (χ0v) is 11.9. The van der Waals surface area contributed by atoms with Crippen LogP contribution >= 0.6 is 0 Å². The van der Waals surface area contributed by atoms with E-state index in [1.807, 2.05) is 6.92 Å². The minimum atomic E-state index is -0.125. The molecule has 2 unspecified atom stereocenters. The molecule has 2 atom stereocenters. The Hall–Kier alpha value is -0.940. The lowest BCUT2D eigenvalue weighted by atomic mass is 10.0. The normalized spacial score (nSPS) is 26.2. The number of hydrogen-bond acceptors (Lipinski definition) is 5. The molecule has 0 N–H and O–H groups in total. The van der Waals surface area contributed by atoms with Crippen LogP contribution in [0.1, 0.15) is 52.4 Å². The van der Waals surface area contributed by atoms with Crippen molar-refractivity contribution in [3.63, 3.8) is 0 Å². The van der Waals surface area contributed by atoms with E-state index < -0.39 is 0 Å². The second kappa shape index (κ2) is 4.97. The summed E-state index contributed by atoms with van der Waals surface area (Å²) in [5, 5.41) is 3.96. The van der Waals surface area contributed by atoms with E-state index in [-0.39, 0.29) is 17.7 Å². The van der Waals surface area contributed by atoms with Crippen LogP contribution in [-0.4, -0.2) is 39.8 Å². The molecule has 1 saturated heterocycles. The van der Waals surface area contributed by atoms with E-state index in [1.54, 1.807) is 0 Å². The van der Waals surface area contributed by atoms with Gasteiger partial charge in [0.15, 0.2) is 5.82 Å². The standard InChI is InChI=1S/C13H23N3O2/c1-6-11-14-12(18-15-11)10(3)16-7-9(2)17-13(4,5)8-16/h9-10H,6-8H2,1-5H3. The molecule has 0 saturated carbocycles. The second-order valence-electron chi connectivity index (χ2n) is 5.70. The van der Waals surface area contributed by atoms with Crippen molar-refractivity contribution in [2.45, 2.75) is 58.8 Å². The number of aromatic nitrogens is 2. The van der Waals surface area contributed by atoms with Crippen molar-refractivity contribution in [3.8, 4) is 0 Å². The number of rotatable bonds is 3. The Morgan fingerprint density at radius 2 is 2.22 bits per heavy atom. The predicted octanol–water partition coefficient (Wildman–Crippen LogP) is 2.19. The summed E-state index contributed by atoms with van der Waals surface area (Å²) in [7, 11) is 0.